The van der Waals surface area contributed by atoms with E-state index in [0.717, 1.165) is 37.9 Å². The molecule has 0 N–H and O–H groups in total. The van der Waals surface area contributed by atoms with Crippen LogP contribution in [-0.2, 0) is 17.6 Å². The number of likely N-dealkylation sites (tertiary alicyclic amines) is 1. The standard InChI is InChI=1S/C20H28N4O2/c1-14(2)20-23-22-18(26-20)8-9-19(25)24-12-4-5-17(24)7-6-16-10-11-21-15(3)13-16/h10-11,13-14,17H,4-9,12H2,1-3H3. The molecule has 6 heteroatoms. The second kappa shape index (κ2) is 8.43. The topological polar surface area (TPSA) is 72.1 Å². The van der Waals surface area contributed by atoms with Crippen LogP contribution >= 0.6 is 0 Å². The molecule has 0 aromatic carbocycles. The maximum absolute atomic E-state index is 12.7. The molecule has 3 heterocycles. The number of aromatic nitrogens is 3. The molecular weight excluding hydrogens is 328 g/mol. The maximum atomic E-state index is 12.7. The van der Waals surface area contributed by atoms with Crippen molar-refractivity contribution in [3.05, 3.63) is 41.4 Å². The normalized spacial score (nSPS) is 17.2. The minimum absolute atomic E-state index is 0.197. The molecule has 0 spiro atoms. The van der Waals surface area contributed by atoms with Gasteiger partial charge in [0.25, 0.3) is 0 Å². The fourth-order valence-corrected chi connectivity index (χ4v) is 3.52. The van der Waals surface area contributed by atoms with Crippen molar-refractivity contribution < 1.29 is 9.21 Å². The van der Waals surface area contributed by atoms with E-state index in [4.69, 9.17) is 4.42 Å². The highest BCUT2D eigenvalue weighted by molar-refractivity contribution is 5.77. The molecule has 1 atom stereocenters. The van der Waals surface area contributed by atoms with Gasteiger partial charge < -0.3 is 9.32 Å². The third-order valence-corrected chi connectivity index (χ3v) is 4.95. The van der Waals surface area contributed by atoms with Crippen LogP contribution in [-0.4, -0.2) is 38.6 Å². The summed E-state index contributed by atoms with van der Waals surface area (Å²) in [5.41, 5.74) is 2.34. The molecule has 1 aliphatic rings. The Morgan fingerprint density at radius 3 is 2.92 bits per heavy atom. The summed E-state index contributed by atoms with van der Waals surface area (Å²) in [6, 6.07) is 4.53. The Bertz CT molecular complexity index is 741. The minimum Gasteiger partial charge on any atom is -0.425 e. The van der Waals surface area contributed by atoms with Crippen LogP contribution in [0.3, 0.4) is 0 Å². The predicted octanol–water partition coefficient (Wildman–Crippen LogP) is 3.45. The van der Waals surface area contributed by atoms with Gasteiger partial charge in [-0.25, -0.2) is 0 Å². The zero-order valence-electron chi connectivity index (χ0n) is 15.9. The van der Waals surface area contributed by atoms with Crippen molar-refractivity contribution in [3.8, 4) is 0 Å². The van der Waals surface area contributed by atoms with Crippen molar-refractivity contribution >= 4 is 5.91 Å². The lowest BCUT2D eigenvalue weighted by Crippen LogP contribution is -2.36. The van der Waals surface area contributed by atoms with Crippen LogP contribution < -0.4 is 0 Å². The van der Waals surface area contributed by atoms with E-state index in [9.17, 15) is 4.79 Å². The molecular formula is C20H28N4O2. The van der Waals surface area contributed by atoms with Crippen molar-refractivity contribution in [2.75, 3.05) is 6.54 Å². The number of carbonyl (C=O) groups excluding carboxylic acids is 1. The number of pyridine rings is 1. The predicted molar refractivity (Wildman–Crippen MR) is 98.7 cm³/mol. The highest BCUT2D eigenvalue weighted by Crippen LogP contribution is 2.23. The molecule has 1 amide bonds. The van der Waals surface area contributed by atoms with Gasteiger partial charge in [-0.3, -0.25) is 9.78 Å². The number of aryl methyl sites for hydroxylation is 3. The molecule has 0 radical (unpaired) electrons. The lowest BCUT2D eigenvalue weighted by atomic mass is 10.0. The zero-order chi connectivity index (χ0) is 18.5. The number of nitrogens with zero attached hydrogens (tertiary/aromatic N) is 4. The maximum Gasteiger partial charge on any atom is 0.223 e. The van der Waals surface area contributed by atoms with Crippen LogP contribution in [0.4, 0.5) is 0 Å². The first kappa shape index (κ1) is 18.5. The quantitative estimate of drug-likeness (QED) is 0.760. The SMILES string of the molecule is Cc1cc(CCC2CCCN2C(=O)CCc2nnc(C(C)C)o2)ccn1. The summed E-state index contributed by atoms with van der Waals surface area (Å²) in [6.45, 7) is 6.90. The second-order valence-corrected chi connectivity index (χ2v) is 7.42. The first-order valence-electron chi connectivity index (χ1n) is 9.56. The molecule has 2 aromatic heterocycles. The van der Waals surface area contributed by atoms with E-state index in [2.05, 4.69) is 27.3 Å². The van der Waals surface area contributed by atoms with E-state index < -0.39 is 0 Å². The van der Waals surface area contributed by atoms with Crippen LogP contribution in [0.1, 0.15) is 68.5 Å². The molecule has 2 aromatic rings. The van der Waals surface area contributed by atoms with Crippen molar-refractivity contribution in [2.24, 2.45) is 0 Å². The van der Waals surface area contributed by atoms with Crippen LogP contribution in [0, 0.1) is 6.92 Å². The van der Waals surface area contributed by atoms with Crippen LogP contribution in [0.2, 0.25) is 0 Å². The molecule has 26 heavy (non-hydrogen) atoms. The molecule has 0 saturated carbocycles. The van der Waals surface area contributed by atoms with Crippen LogP contribution in [0.5, 0.6) is 0 Å². The summed E-state index contributed by atoms with van der Waals surface area (Å²) < 4.78 is 5.60. The van der Waals surface area contributed by atoms with E-state index in [1.165, 1.54) is 5.56 Å². The Morgan fingerprint density at radius 2 is 2.19 bits per heavy atom. The average Bonchev–Trinajstić information content (AvgIpc) is 3.27. The van der Waals surface area contributed by atoms with Crippen LogP contribution in [0.25, 0.3) is 0 Å². The van der Waals surface area contributed by atoms with Crippen molar-refractivity contribution in [1.82, 2.24) is 20.1 Å². The molecule has 140 valence electrons. The second-order valence-electron chi connectivity index (χ2n) is 7.42. The van der Waals surface area contributed by atoms with Gasteiger partial charge >= 0.3 is 0 Å². The number of amides is 1. The van der Waals surface area contributed by atoms with E-state index >= 15 is 0 Å². The van der Waals surface area contributed by atoms with E-state index in [0.29, 0.717) is 30.7 Å². The largest absolute Gasteiger partial charge is 0.425 e. The van der Waals surface area contributed by atoms with Gasteiger partial charge in [-0.05, 0) is 50.3 Å². The summed E-state index contributed by atoms with van der Waals surface area (Å²) in [7, 11) is 0. The monoisotopic (exact) mass is 356 g/mol. The number of carbonyl (C=O) groups is 1. The molecule has 1 aliphatic heterocycles. The van der Waals surface area contributed by atoms with E-state index in [-0.39, 0.29) is 11.8 Å². The van der Waals surface area contributed by atoms with Gasteiger partial charge in [0.05, 0.1) is 0 Å². The number of hydrogen-bond donors (Lipinski definition) is 0. The highest BCUT2D eigenvalue weighted by Gasteiger charge is 2.28. The van der Waals surface area contributed by atoms with E-state index in [1.54, 1.807) is 0 Å². The molecule has 3 rings (SSSR count). The van der Waals surface area contributed by atoms with Crippen molar-refractivity contribution in [2.45, 2.75) is 71.3 Å². The lowest BCUT2D eigenvalue weighted by molar-refractivity contribution is -0.132. The Balaban J connectivity index is 1.51. The zero-order valence-corrected chi connectivity index (χ0v) is 15.9. The average molecular weight is 356 g/mol. The van der Waals surface area contributed by atoms with E-state index in [1.807, 2.05) is 31.9 Å². The van der Waals surface area contributed by atoms with Gasteiger partial charge in [-0.1, -0.05) is 13.8 Å². The summed E-state index contributed by atoms with van der Waals surface area (Å²) in [6.07, 6.45) is 6.98. The molecule has 6 nitrogen and oxygen atoms in total. The van der Waals surface area contributed by atoms with Crippen LogP contribution in [0.15, 0.2) is 22.7 Å². The first-order chi connectivity index (χ1) is 12.5. The first-order valence-corrected chi connectivity index (χ1v) is 9.56. The summed E-state index contributed by atoms with van der Waals surface area (Å²) >= 11 is 0. The third kappa shape index (κ3) is 4.68. The molecule has 1 unspecified atom stereocenters. The molecule has 1 saturated heterocycles. The lowest BCUT2D eigenvalue weighted by Gasteiger charge is -2.24. The summed E-state index contributed by atoms with van der Waals surface area (Å²) in [5.74, 6) is 1.61. The Morgan fingerprint density at radius 1 is 1.35 bits per heavy atom. The van der Waals surface area contributed by atoms with Gasteiger partial charge in [-0.15, -0.1) is 10.2 Å². The van der Waals surface area contributed by atoms with Gasteiger partial charge in [0, 0.05) is 43.2 Å². The van der Waals surface area contributed by atoms with Gasteiger partial charge in [-0.2, -0.15) is 0 Å². The molecule has 0 aliphatic carbocycles. The summed E-state index contributed by atoms with van der Waals surface area (Å²) in [4.78, 5) is 19.0. The van der Waals surface area contributed by atoms with Gasteiger partial charge in [0.2, 0.25) is 17.7 Å². The minimum atomic E-state index is 0.197. The molecule has 0 bridgehead atoms. The molecule has 1 fully saturated rings. The third-order valence-electron chi connectivity index (χ3n) is 4.95. The highest BCUT2D eigenvalue weighted by atomic mass is 16.4. The smallest absolute Gasteiger partial charge is 0.223 e. The Kier molecular flexibility index (Phi) is 6.01. The number of rotatable bonds is 7. The van der Waals surface area contributed by atoms with Gasteiger partial charge in [0.1, 0.15) is 0 Å². The Labute approximate surface area is 155 Å². The van der Waals surface area contributed by atoms with Crippen molar-refractivity contribution in [3.63, 3.8) is 0 Å². The number of hydrogen-bond acceptors (Lipinski definition) is 5. The summed E-state index contributed by atoms with van der Waals surface area (Å²) in [5, 5.41) is 8.08. The van der Waals surface area contributed by atoms with Crippen molar-refractivity contribution in [1.29, 1.82) is 0 Å². The fraction of sp³-hybridized carbons (Fsp3) is 0.600. The Hall–Kier alpha value is -2.24. The van der Waals surface area contributed by atoms with Gasteiger partial charge in [0.15, 0.2) is 0 Å². The fourth-order valence-electron chi connectivity index (χ4n) is 3.52.